The van der Waals surface area contributed by atoms with Crippen LogP contribution in [0.3, 0.4) is 0 Å². The summed E-state index contributed by atoms with van der Waals surface area (Å²) in [6.45, 7) is 6.40. The number of piperidine rings is 1. The van der Waals surface area contributed by atoms with E-state index >= 15 is 0 Å². The van der Waals surface area contributed by atoms with Crippen molar-refractivity contribution in [1.82, 2.24) is 9.55 Å². The summed E-state index contributed by atoms with van der Waals surface area (Å²) >= 11 is 0. The molecule has 2 heterocycles. The molecule has 0 amide bonds. The Kier molecular flexibility index (Phi) is 4.11. The summed E-state index contributed by atoms with van der Waals surface area (Å²) in [6, 6.07) is 0.0872. The van der Waals surface area contributed by atoms with Crippen LogP contribution < -0.4 is 10.5 Å². The monoisotopic (exact) mass is 279 g/mol. The molecular weight excluding hydrogens is 258 g/mol. The number of carboxylic acids is 1. The smallest absolute Gasteiger partial charge is 0.306 e. The van der Waals surface area contributed by atoms with Crippen LogP contribution in [0.5, 0.6) is 0 Å². The lowest BCUT2D eigenvalue weighted by molar-refractivity contribution is -0.142. The van der Waals surface area contributed by atoms with Gasteiger partial charge in [-0.3, -0.25) is 9.59 Å². The van der Waals surface area contributed by atoms with Crippen LogP contribution in [0, 0.1) is 5.92 Å². The topological polar surface area (TPSA) is 75.4 Å². The van der Waals surface area contributed by atoms with Gasteiger partial charge in [0.25, 0.3) is 5.56 Å². The summed E-state index contributed by atoms with van der Waals surface area (Å²) < 4.78 is 1.65. The van der Waals surface area contributed by atoms with Crippen molar-refractivity contribution in [3.63, 3.8) is 0 Å². The van der Waals surface area contributed by atoms with Crippen LogP contribution >= 0.6 is 0 Å². The van der Waals surface area contributed by atoms with Crippen molar-refractivity contribution in [3.8, 4) is 0 Å². The third kappa shape index (κ3) is 2.69. The average molecular weight is 279 g/mol. The zero-order valence-corrected chi connectivity index (χ0v) is 12.1. The van der Waals surface area contributed by atoms with E-state index in [-0.39, 0.29) is 23.6 Å². The quantitative estimate of drug-likeness (QED) is 0.907. The maximum atomic E-state index is 12.4. The van der Waals surface area contributed by atoms with Gasteiger partial charge in [-0.1, -0.05) is 0 Å². The van der Waals surface area contributed by atoms with Gasteiger partial charge in [-0.25, -0.2) is 4.98 Å². The van der Waals surface area contributed by atoms with Crippen molar-refractivity contribution in [2.45, 2.75) is 45.7 Å². The molecule has 2 unspecified atom stereocenters. The fourth-order valence-electron chi connectivity index (χ4n) is 2.73. The summed E-state index contributed by atoms with van der Waals surface area (Å²) in [5, 5.41) is 9.08. The van der Waals surface area contributed by atoms with Crippen molar-refractivity contribution in [3.05, 3.63) is 22.7 Å². The number of aliphatic carboxylic acids is 1. The van der Waals surface area contributed by atoms with E-state index in [0.717, 1.165) is 0 Å². The van der Waals surface area contributed by atoms with Gasteiger partial charge in [0.05, 0.1) is 5.92 Å². The Labute approximate surface area is 118 Å². The van der Waals surface area contributed by atoms with Crippen molar-refractivity contribution in [1.29, 1.82) is 0 Å². The van der Waals surface area contributed by atoms with Gasteiger partial charge in [0.2, 0.25) is 0 Å². The lowest BCUT2D eigenvalue weighted by atomic mass is 9.92. The molecule has 1 aromatic rings. The molecule has 0 radical (unpaired) electrons. The molecular formula is C14H21N3O3. The Morgan fingerprint density at radius 2 is 2.20 bits per heavy atom. The Balaban J connectivity index is 2.27. The van der Waals surface area contributed by atoms with E-state index in [1.165, 1.54) is 0 Å². The fraction of sp³-hybridized carbons (Fsp3) is 0.643. The van der Waals surface area contributed by atoms with E-state index < -0.39 is 5.97 Å². The van der Waals surface area contributed by atoms with Gasteiger partial charge >= 0.3 is 5.97 Å². The Morgan fingerprint density at radius 3 is 2.75 bits per heavy atom. The number of hydrogen-bond donors (Lipinski definition) is 1. The van der Waals surface area contributed by atoms with Gasteiger partial charge in [-0.2, -0.15) is 0 Å². The molecule has 0 saturated carbocycles. The summed E-state index contributed by atoms with van der Waals surface area (Å²) in [4.78, 5) is 29.6. The number of aromatic nitrogens is 2. The fourth-order valence-corrected chi connectivity index (χ4v) is 2.73. The number of anilines is 1. The molecule has 1 N–H and O–H groups in total. The lowest BCUT2D eigenvalue weighted by Gasteiger charge is -2.36. The zero-order chi connectivity index (χ0) is 14.9. The largest absolute Gasteiger partial charge is 0.481 e. The molecule has 20 heavy (non-hydrogen) atoms. The molecule has 1 aromatic heterocycles. The third-order valence-corrected chi connectivity index (χ3v) is 3.90. The molecule has 6 heteroatoms. The van der Waals surface area contributed by atoms with Crippen LogP contribution in [0.4, 0.5) is 5.82 Å². The maximum Gasteiger partial charge on any atom is 0.306 e. The minimum absolute atomic E-state index is 0.00747. The van der Waals surface area contributed by atoms with Gasteiger partial charge in [0.1, 0.15) is 0 Å². The van der Waals surface area contributed by atoms with Crippen LogP contribution in [-0.4, -0.2) is 33.2 Å². The van der Waals surface area contributed by atoms with Crippen LogP contribution in [0.15, 0.2) is 17.2 Å². The van der Waals surface area contributed by atoms with Gasteiger partial charge in [-0.05, 0) is 33.6 Å². The first-order valence-electron chi connectivity index (χ1n) is 6.98. The standard InChI is InChI=1S/C14H21N3O3/c1-9(2)16-7-5-15-12(13(16)18)17-6-4-11(14(19)20)8-10(17)3/h5,7,9-11H,4,6,8H2,1-3H3,(H,19,20). The molecule has 1 aliphatic heterocycles. The predicted molar refractivity (Wildman–Crippen MR) is 76.0 cm³/mol. The minimum atomic E-state index is -0.753. The molecule has 110 valence electrons. The highest BCUT2D eigenvalue weighted by atomic mass is 16.4. The average Bonchev–Trinajstić information content (AvgIpc) is 2.39. The van der Waals surface area contributed by atoms with E-state index in [4.69, 9.17) is 5.11 Å². The first kappa shape index (κ1) is 14.6. The highest BCUT2D eigenvalue weighted by Crippen LogP contribution is 2.25. The first-order chi connectivity index (χ1) is 9.41. The molecule has 2 rings (SSSR count). The van der Waals surface area contributed by atoms with Crippen LogP contribution in [0.25, 0.3) is 0 Å². The van der Waals surface area contributed by atoms with Crippen molar-refractivity contribution < 1.29 is 9.90 Å². The highest BCUT2D eigenvalue weighted by Gasteiger charge is 2.31. The minimum Gasteiger partial charge on any atom is -0.481 e. The first-order valence-corrected chi connectivity index (χ1v) is 6.98. The third-order valence-electron chi connectivity index (χ3n) is 3.90. The normalized spacial score (nSPS) is 23.1. The molecule has 1 aliphatic rings. The molecule has 0 aliphatic carbocycles. The molecule has 0 aromatic carbocycles. The van der Waals surface area contributed by atoms with E-state index in [9.17, 15) is 9.59 Å². The molecule has 6 nitrogen and oxygen atoms in total. The van der Waals surface area contributed by atoms with Gasteiger partial charge in [-0.15, -0.1) is 0 Å². The van der Waals surface area contributed by atoms with E-state index in [1.807, 2.05) is 25.7 Å². The Bertz CT molecular complexity index is 553. The van der Waals surface area contributed by atoms with Crippen molar-refractivity contribution >= 4 is 11.8 Å². The molecule has 1 saturated heterocycles. The molecule has 0 bridgehead atoms. The second-order valence-corrected chi connectivity index (χ2v) is 5.66. The lowest BCUT2D eigenvalue weighted by Crippen LogP contribution is -2.46. The Morgan fingerprint density at radius 1 is 1.50 bits per heavy atom. The molecule has 1 fully saturated rings. The van der Waals surface area contributed by atoms with Crippen molar-refractivity contribution in [2.24, 2.45) is 5.92 Å². The molecule has 0 spiro atoms. The van der Waals surface area contributed by atoms with Crippen molar-refractivity contribution in [2.75, 3.05) is 11.4 Å². The molecule has 2 atom stereocenters. The van der Waals surface area contributed by atoms with Gasteiger partial charge in [0.15, 0.2) is 5.82 Å². The van der Waals surface area contributed by atoms with E-state index in [2.05, 4.69) is 4.98 Å². The SMILES string of the molecule is CC1CC(C(=O)O)CCN1c1nccn(C(C)C)c1=O. The number of hydrogen-bond acceptors (Lipinski definition) is 4. The number of rotatable bonds is 3. The predicted octanol–water partition coefficient (Wildman–Crippen LogP) is 1.51. The second kappa shape index (κ2) is 5.64. The van der Waals surface area contributed by atoms with Crippen LogP contribution in [0.2, 0.25) is 0 Å². The van der Waals surface area contributed by atoms with Crippen LogP contribution in [0.1, 0.15) is 39.7 Å². The van der Waals surface area contributed by atoms with Crippen LogP contribution in [-0.2, 0) is 4.79 Å². The highest BCUT2D eigenvalue weighted by molar-refractivity contribution is 5.70. The zero-order valence-electron chi connectivity index (χ0n) is 12.1. The van der Waals surface area contributed by atoms with E-state index in [0.29, 0.717) is 25.2 Å². The number of nitrogens with zero attached hydrogens (tertiary/aromatic N) is 3. The van der Waals surface area contributed by atoms with Gasteiger partial charge in [0, 0.05) is 31.0 Å². The Hall–Kier alpha value is -1.85. The summed E-state index contributed by atoms with van der Waals surface area (Å²) in [6.07, 6.45) is 4.42. The summed E-state index contributed by atoms with van der Waals surface area (Å²) in [5.41, 5.74) is -0.108. The maximum absolute atomic E-state index is 12.4. The van der Waals surface area contributed by atoms with E-state index in [1.54, 1.807) is 17.0 Å². The number of carbonyl (C=O) groups is 1. The summed E-state index contributed by atoms with van der Waals surface area (Å²) in [5.74, 6) is -0.646. The summed E-state index contributed by atoms with van der Waals surface area (Å²) in [7, 11) is 0. The second-order valence-electron chi connectivity index (χ2n) is 5.66. The number of carboxylic acid groups (broad SMARTS) is 1. The van der Waals surface area contributed by atoms with Gasteiger partial charge < -0.3 is 14.6 Å².